The zero-order valence-electron chi connectivity index (χ0n) is 21.6. The highest BCUT2D eigenvalue weighted by atomic mass is 19.2. The molecule has 0 spiro atoms. The van der Waals surface area contributed by atoms with Gasteiger partial charge in [0.2, 0.25) is 17.4 Å². The van der Waals surface area contributed by atoms with Gasteiger partial charge in [0.25, 0.3) is 0 Å². The van der Waals surface area contributed by atoms with Gasteiger partial charge < -0.3 is 14.7 Å². The van der Waals surface area contributed by atoms with Crippen molar-refractivity contribution in [1.82, 2.24) is 9.97 Å². The minimum Gasteiger partial charge on any atom is -0.497 e. The largest absolute Gasteiger partial charge is 0.497 e. The normalized spacial score (nSPS) is 11.9. The molecule has 0 radical (unpaired) electrons. The molecular weight excluding hydrogens is 543 g/mol. The zero-order chi connectivity index (χ0) is 29.4. The van der Waals surface area contributed by atoms with Crippen molar-refractivity contribution in [3.8, 4) is 5.75 Å². The number of aryl methyl sites for hydroxylation is 1. The number of rotatable bonds is 8. The molecule has 0 saturated heterocycles. The third kappa shape index (κ3) is 5.04. The minimum atomic E-state index is -2.30. The summed E-state index contributed by atoms with van der Waals surface area (Å²) in [6.07, 6.45) is 0. The summed E-state index contributed by atoms with van der Waals surface area (Å²) in [7, 11) is 1.47. The van der Waals surface area contributed by atoms with Crippen molar-refractivity contribution >= 4 is 11.6 Å². The SMILES string of the molecule is COc1ccc(C(=O)c2ccc(C(c3ccc(C(=O)c4ccc(C)cc4)[nH]3)c3c(F)c(F)c(F)c(F)c3F)[nH]2)cc1. The summed E-state index contributed by atoms with van der Waals surface area (Å²) < 4.78 is 77.8. The molecule has 0 bridgehead atoms. The van der Waals surface area contributed by atoms with Gasteiger partial charge in [0.15, 0.2) is 23.3 Å². The summed E-state index contributed by atoms with van der Waals surface area (Å²) in [5.41, 5.74) is 0.284. The van der Waals surface area contributed by atoms with Crippen LogP contribution in [0.5, 0.6) is 5.75 Å². The lowest BCUT2D eigenvalue weighted by Gasteiger charge is -2.18. The number of ether oxygens (including phenoxy) is 1. The van der Waals surface area contributed by atoms with Crippen molar-refractivity contribution in [3.63, 3.8) is 0 Å². The van der Waals surface area contributed by atoms with E-state index in [4.69, 9.17) is 4.74 Å². The topological polar surface area (TPSA) is 75.0 Å². The van der Waals surface area contributed by atoms with Crippen molar-refractivity contribution in [2.45, 2.75) is 12.8 Å². The molecule has 0 aliphatic rings. The number of aromatic nitrogens is 2. The van der Waals surface area contributed by atoms with Crippen LogP contribution in [0.15, 0.2) is 72.8 Å². The summed E-state index contributed by atoms with van der Waals surface area (Å²) >= 11 is 0. The predicted molar refractivity (Wildman–Crippen MR) is 140 cm³/mol. The predicted octanol–water partition coefficient (Wildman–Crippen LogP) is 7.00. The second-order valence-electron chi connectivity index (χ2n) is 9.32. The molecule has 1 atom stereocenters. The Kier molecular flexibility index (Phi) is 7.32. The molecule has 10 heteroatoms. The zero-order valence-corrected chi connectivity index (χ0v) is 21.6. The van der Waals surface area contributed by atoms with Gasteiger partial charge in [-0.25, -0.2) is 22.0 Å². The van der Waals surface area contributed by atoms with Crippen LogP contribution < -0.4 is 4.74 Å². The molecule has 3 aromatic carbocycles. The molecule has 5 rings (SSSR count). The Balaban J connectivity index is 1.61. The molecule has 0 fully saturated rings. The van der Waals surface area contributed by atoms with Crippen molar-refractivity contribution in [2.75, 3.05) is 7.11 Å². The molecule has 2 heterocycles. The number of carbonyl (C=O) groups is 2. The van der Waals surface area contributed by atoms with Crippen LogP contribution in [0.3, 0.4) is 0 Å². The number of ketones is 2. The Morgan fingerprint density at radius 1 is 0.610 bits per heavy atom. The fraction of sp³-hybridized carbons (Fsp3) is 0.0968. The van der Waals surface area contributed by atoms with Gasteiger partial charge in [-0.3, -0.25) is 9.59 Å². The average Bonchev–Trinajstić information content (AvgIpc) is 3.68. The molecule has 0 aliphatic carbocycles. The first-order valence-electron chi connectivity index (χ1n) is 12.3. The van der Waals surface area contributed by atoms with Crippen molar-refractivity contribution in [2.24, 2.45) is 0 Å². The maximum Gasteiger partial charge on any atom is 0.209 e. The highest BCUT2D eigenvalue weighted by Crippen LogP contribution is 2.37. The van der Waals surface area contributed by atoms with Crippen LogP contribution in [-0.4, -0.2) is 28.6 Å². The first-order chi connectivity index (χ1) is 19.6. The molecule has 5 nitrogen and oxygen atoms in total. The van der Waals surface area contributed by atoms with Crippen LogP contribution in [0.1, 0.15) is 60.5 Å². The molecule has 0 saturated carbocycles. The lowest BCUT2D eigenvalue weighted by atomic mass is 9.91. The maximum atomic E-state index is 15.1. The van der Waals surface area contributed by atoms with Gasteiger partial charge in [-0.05, 0) is 55.5 Å². The van der Waals surface area contributed by atoms with Crippen LogP contribution in [0, 0.1) is 36.0 Å². The van der Waals surface area contributed by atoms with Gasteiger partial charge in [-0.1, -0.05) is 29.8 Å². The number of H-pyrrole nitrogens is 2. The van der Waals surface area contributed by atoms with Gasteiger partial charge in [0, 0.05) is 28.1 Å². The first-order valence-corrected chi connectivity index (χ1v) is 12.3. The van der Waals surface area contributed by atoms with Gasteiger partial charge in [-0.15, -0.1) is 0 Å². The van der Waals surface area contributed by atoms with Crippen molar-refractivity contribution < 1.29 is 36.3 Å². The Hall–Kier alpha value is -4.99. The fourth-order valence-corrected chi connectivity index (χ4v) is 4.54. The highest BCUT2D eigenvalue weighted by Gasteiger charge is 2.34. The van der Waals surface area contributed by atoms with E-state index in [-0.39, 0.29) is 28.3 Å². The molecule has 2 N–H and O–H groups in total. The van der Waals surface area contributed by atoms with Crippen LogP contribution in [0.2, 0.25) is 0 Å². The van der Waals surface area contributed by atoms with Gasteiger partial charge in [0.05, 0.1) is 24.4 Å². The van der Waals surface area contributed by atoms with Crippen molar-refractivity contribution in [3.05, 3.63) is 147 Å². The number of halogens is 5. The molecule has 208 valence electrons. The molecule has 41 heavy (non-hydrogen) atoms. The lowest BCUT2D eigenvalue weighted by Crippen LogP contribution is -2.15. The summed E-state index contributed by atoms with van der Waals surface area (Å²) in [5.74, 6) is -12.7. The molecule has 1 unspecified atom stereocenters. The Morgan fingerprint density at radius 3 is 1.46 bits per heavy atom. The average molecular weight is 565 g/mol. The second kappa shape index (κ2) is 10.9. The van der Waals surface area contributed by atoms with Gasteiger partial charge in [-0.2, -0.15) is 0 Å². The van der Waals surface area contributed by atoms with E-state index in [0.717, 1.165) is 5.56 Å². The van der Waals surface area contributed by atoms with E-state index in [9.17, 15) is 22.8 Å². The number of hydrogen-bond donors (Lipinski definition) is 2. The van der Waals surface area contributed by atoms with E-state index < -0.39 is 52.1 Å². The number of carbonyl (C=O) groups excluding carboxylic acids is 2. The molecule has 5 aromatic rings. The number of benzene rings is 3. The van der Waals surface area contributed by atoms with E-state index >= 15 is 8.78 Å². The maximum absolute atomic E-state index is 15.1. The van der Waals surface area contributed by atoms with E-state index in [0.29, 0.717) is 11.3 Å². The van der Waals surface area contributed by atoms with Crippen LogP contribution in [0.25, 0.3) is 0 Å². The quantitative estimate of drug-likeness (QED) is 0.0923. The smallest absolute Gasteiger partial charge is 0.209 e. The van der Waals surface area contributed by atoms with E-state index in [1.54, 1.807) is 36.4 Å². The molecule has 2 aromatic heterocycles. The summed E-state index contributed by atoms with van der Waals surface area (Å²) in [5, 5.41) is 0. The standard InChI is InChI=1S/C31H21F5N2O3/c1-15-3-5-16(6-4-15)30(39)21-13-11-19(37-21)23(24-25(32)27(34)29(36)28(35)26(24)33)20-12-14-22(38-20)31(40)17-7-9-18(41-2)10-8-17/h3-14,23,37-38H,1-2H3. The first kappa shape index (κ1) is 27.6. The summed E-state index contributed by atoms with van der Waals surface area (Å²) in [6, 6.07) is 18.1. The number of nitrogens with one attached hydrogen (secondary N) is 2. The Labute approximate surface area is 230 Å². The third-order valence-electron chi connectivity index (χ3n) is 6.73. The third-order valence-corrected chi connectivity index (χ3v) is 6.73. The fourth-order valence-electron chi connectivity index (χ4n) is 4.54. The minimum absolute atomic E-state index is 0.00144. The summed E-state index contributed by atoms with van der Waals surface area (Å²) in [4.78, 5) is 31.6. The molecule has 0 aliphatic heterocycles. The van der Waals surface area contributed by atoms with Crippen LogP contribution in [-0.2, 0) is 0 Å². The van der Waals surface area contributed by atoms with E-state index in [2.05, 4.69) is 9.97 Å². The van der Waals surface area contributed by atoms with Crippen LogP contribution in [0.4, 0.5) is 22.0 Å². The summed E-state index contributed by atoms with van der Waals surface area (Å²) in [6.45, 7) is 1.85. The Morgan fingerprint density at radius 2 is 1.02 bits per heavy atom. The molecule has 0 amide bonds. The van der Waals surface area contributed by atoms with Crippen molar-refractivity contribution in [1.29, 1.82) is 0 Å². The number of methoxy groups -OCH3 is 1. The monoisotopic (exact) mass is 564 g/mol. The van der Waals surface area contributed by atoms with Gasteiger partial charge >= 0.3 is 0 Å². The lowest BCUT2D eigenvalue weighted by molar-refractivity contribution is 0.102. The highest BCUT2D eigenvalue weighted by molar-refractivity contribution is 6.08. The number of hydrogen-bond acceptors (Lipinski definition) is 3. The van der Waals surface area contributed by atoms with Gasteiger partial charge in [0.1, 0.15) is 5.75 Å². The second-order valence-corrected chi connectivity index (χ2v) is 9.32. The molecular formula is C31H21F5N2O3. The van der Waals surface area contributed by atoms with E-state index in [1.165, 1.54) is 43.5 Å². The Bertz CT molecular complexity index is 1740. The van der Waals surface area contributed by atoms with Crippen LogP contribution >= 0.6 is 0 Å². The number of aromatic amines is 2. The van der Waals surface area contributed by atoms with E-state index in [1.807, 2.05) is 6.92 Å².